The lowest BCUT2D eigenvalue weighted by Gasteiger charge is -2.19. The molecule has 164 valence electrons. The Labute approximate surface area is 177 Å². The highest BCUT2D eigenvalue weighted by molar-refractivity contribution is 5.56. The minimum absolute atomic E-state index is 0.0669. The fraction of sp³-hybridized carbons (Fsp3) is 0.478. The molecule has 0 aromatic heterocycles. The van der Waals surface area contributed by atoms with E-state index >= 15 is 0 Å². The molecule has 30 heavy (non-hydrogen) atoms. The Hall–Kier alpha value is -2.80. The van der Waals surface area contributed by atoms with Gasteiger partial charge in [0.2, 0.25) is 11.5 Å². The predicted octanol–water partition coefficient (Wildman–Crippen LogP) is 3.76. The molecule has 2 aromatic rings. The molecule has 2 aromatic carbocycles. The van der Waals surface area contributed by atoms with Crippen LogP contribution in [0.1, 0.15) is 35.8 Å². The van der Waals surface area contributed by atoms with E-state index in [1.807, 2.05) is 24.3 Å². The monoisotopic (exact) mass is 418 g/mol. The topological polar surface area (TPSA) is 75.6 Å². The van der Waals surface area contributed by atoms with E-state index in [0.29, 0.717) is 40.9 Å². The number of aliphatic hydroxyl groups excluding tert-OH is 1. The van der Waals surface area contributed by atoms with Crippen LogP contribution in [0, 0.1) is 0 Å². The van der Waals surface area contributed by atoms with Crippen molar-refractivity contribution >= 4 is 0 Å². The molecule has 7 nitrogen and oxygen atoms in total. The molecule has 0 radical (unpaired) electrons. The molecule has 0 heterocycles. The van der Waals surface area contributed by atoms with Crippen LogP contribution in [0.15, 0.2) is 24.3 Å². The molecular formula is C23H30O7. The van der Waals surface area contributed by atoms with E-state index < -0.39 is 6.10 Å². The molecule has 1 fully saturated rings. The summed E-state index contributed by atoms with van der Waals surface area (Å²) in [5.74, 6) is 3.54. The molecule has 0 saturated heterocycles. The third-order valence-corrected chi connectivity index (χ3v) is 5.80. The Morgan fingerprint density at radius 3 is 1.37 bits per heavy atom. The standard InChI is InChI=1S/C23H30O7/c1-25-18-9-14(10-19(26-2)22(18)29-5)13-7-16(17(24)8-13)15-11-20(27-3)23(30-6)21(12-15)28-4/h9-13,16-17,24H,7-8H2,1-6H3/t13-,16-,17+/m0/s1. The Morgan fingerprint density at radius 1 is 0.600 bits per heavy atom. The van der Waals surface area contributed by atoms with Gasteiger partial charge in [0.15, 0.2) is 23.0 Å². The van der Waals surface area contributed by atoms with Crippen LogP contribution < -0.4 is 28.4 Å². The van der Waals surface area contributed by atoms with E-state index in [4.69, 9.17) is 28.4 Å². The maximum absolute atomic E-state index is 10.9. The molecule has 7 heteroatoms. The summed E-state index contributed by atoms with van der Waals surface area (Å²) in [4.78, 5) is 0. The Bertz CT molecular complexity index is 830. The summed E-state index contributed by atoms with van der Waals surface area (Å²) in [6.45, 7) is 0. The van der Waals surface area contributed by atoms with Crippen molar-refractivity contribution in [2.75, 3.05) is 42.7 Å². The molecule has 3 rings (SSSR count). The van der Waals surface area contributed by atoms with E-state index in [2.05, 4.69) is 0 Å². The summed E-state index contributed by atoms with van der Waals surface area (Å²) in [7, 11) is 9.53. The molecule has 1 N–H and O–H groups in total. The fourth-order valence-electron chi connectivity index (χ4n) is 4.30. The normalized spacial score (nSPS) is 20.6. The zero-order valence-electron chi connectivity index (χ0n) is 18.4. The maximum Gasteiger partial charge on any atom is 0.203 e. The van der Waals surface area contributed by atoms with Crippen molar-refractivity contribution < 1.29 is 33.5 Å². The van der Waals surface area contributed by atoms with Gasteiger partial charge in [-0.1, -0.05) is 0 Å². The number of ether oxygens (including phenoxy) is 6. The van der Waals surface area contributed by atoms with E-state index in [0.717, 1.165) is 17.5 Å². The fourth-order valence-corrected chi connectivity index (χ4v) is 4.30. The summed E-state index contributed by atoms with van der Waals surface area (Å²) in [6.07, 6.45) is 0.884. The second-order valence-corrected chi connectivity index (χ2v) is 7.26. The third-order valence-electron chi connectivity index (χ3n) is 5.80. The van der Waals surface area contributed by atoms with Crippen LogP contribution in [0.2, 0.25) is 0 Å². The van der Waals surface area contributed by atoms with Crippen molar-refractivity contribution in [2.24, 2.45) is 0 Å². The number of methoxy groups -OCH3 is 6. The average Bonchev–Trinajstić information content (AvgIpc) is 3.18. The molecular weight excluding hydrogens is 388 g/mol. The van der Waals surface area contributed by atoms with Gasteiger partial charge in [-0.05, 0) is 54.2 Å². The molecule has 0 unspecified atom stereocenters. The smallest absolute Gasteiger partial charge is 0.203 e. The lowest BCUT2D eigenvalue weighted by Crippen LogP contribution is -2.11. The quantitative estimate of drug-likeness (QED) is 0.700. The number of rotatable bonds is 8. The van der Waals surface area contributed by atoms with Crippen LogP contribution >= 0.6 is 0 Å². The number of benzene rings is 2. The Balaban J connectivity index is 1.95. The van der Waals surface area contributed by atoms with Crippen LogP contribution in [0.25, 0.3) is 0 Å². The van der Waals surface area contributed by atoms with Gasteiger partial charge in [-0.25, -0.2) is 0 Å². The van der Waals surface area contributed by atoms with Crippen LogP contribution in [0.4, 0.5) is 0 Å². The Morgan fingerprint density at radius 2 is 1.00 bits per heavy atom. The first-order valence-corrected chi connectivity index (χ1v) is 9.79. The summed E-state index contributed by atoms with van der Waals surface area (Å²) < 4.78 is 32.8. The highest BCUT2D eigenvalue weighted by Crippen LogP contribution is 2.50. The highest BCUT2D eigenvalue weighted by Gasteiger charge is 2.36. The van der Waals surface area contributed by atoms with Crippen molar-refractivity contribution in [3.63, 3.8) is 0 Å². The van der Waals surface area contributed by atoms with Gasteiger partial charge in [-0.3, -0.25) is 0 Å². The van der Waals surface area contributed by atoms with Crippen LogP contribution in [-0.4, -0.2) is 53.9 Å². The second-order valence-electron chi connectivity index (χ2n) is 7.26. The van der Waals surface area contributed by atoms with E-state index in [9.17, 15) is 5.11 Å². The summed E-state index contributed by atoms with van der Waals surface area (Å²) in [5, 5.41) is 10.9. The van der Waals surface area contributed by atoms with Gasteiger partial charge >= 0.3 is 0 Å². The van der Waals surface area contributed by atoms with Gasteiger partial charge in [0.05, 0.1) is 48.8 Å². The molecule has 0 amide bonds. The molecule has 1 aliphatic carbocycles. The van der Waals surface area contributed by atoms with Crippen molar-refractivity contribution in [1.29, 1.82) is 0 Å². The van der Waals surface area contributed by atoms with Gasteiger partial charge in [-0.15, -0.1) is 0 Å². The second kappa shape index (κ2) is 9.34. The first-order chi connectivity index (χ1) is 14.5. The van der Waals surface area contributed by atoms with Gasteiger partial charge in [0.1, 0.15) is 0 Å². The summed E-state index contributed by atoms with van der Waals surface area (Å²) >= 11 is 0. The Kier molecular flexibility index (Phi) is 6.82. The highest BCUT2D eigenvalue weighted by atomic mass is 16.5. The SMILES string of the molecule is COc1cc([C@@H]2C[C@@H](O)[C@H](c3cc(OC)c(OC)c(OC)c3)C2)cc(OC)c1OC. The zero-order valence-corrected chi connectivity index (χ0v) is 18.4. The van der Waals surface area contributed by atoms with E-state index in [-0.39, 0.29) is 11.8 Å². The summed E-state index contributed by atoms with van der Waals surface area (Å²) in [6, 6.07) is 7.73. The molecule has 0 spiro atoms. The predicted molar refractivity (Wildman–Crippen MR) is 113 cm³/mol. The van der Waals surface area contributed by atoms with Crippen molar-refractivity contribution in [2.45, 2.75) is 30.8 Å². The van der Waals surface area contributed by atoms with Gasteiger partial charge in [-0.2, -0.15) is 0 Å². The average molecular weight is 418 g/mol. The van der Waals surface area contributed by atoms with Crippen molar-refractivity contribution in [3.05, 3.63) is 35.4 Å². The number of hydrogen-bond donors (Lipinski definition) is 1. The third kappa shape index (κ3) is 3.94. The van der Waals surface area contributed by atoms with Gasteiger partial charge in [0, 0.05) is 5.92 Å². The molecule has 1 aliphatic rings. The van der Waals surface area contributed by atoms with Gasteiger partial charge in [0.25, 0.3) is 0 Å². The van der Waals surface area contributed by atoms with Crippen molar-refractivity contribution in [1.82, 2.24) is 0 Å². The minimum Gasteiger partial charge on any atom is -0.493 e. The minimum atomic E-state index is -0.503. The molecule has 0 bridgehead atoms. The number of aliphatic hydroxyl groups is 1. The first kappa shape index (κ1) is 21.9. The summed E-state index contributed by atoms with van der Waals surface area (Å²) in [5.41, 5.74) is 1.99. The van der Waals surface area contributed by atoms with E-state index in [1.54, 1.807) is 42.7 Å². The molecule has 1 saturated carbocycles. The lowest BCUT2D eigenvalue weighted by atomic mass is 9.92. The maximum atomic E-state index is 10.9. The van der Waals surface area contributed by atoms with Gasteiger partial charge < -0.3 is 33.5 Å². The number of hydrogen-bond acceptors (Lipinski definition) is 7. The molecule has 0 aliphatic heterocycles. The van der Waals surface area contributed by atoms with Crippen LogP contribution in [0.3, 0.4) is 0 Å². The largest absolute Gasteiger partial charge is 0.493 e. The van der Waals surface area contributed by atoms with E-state index in [1.165, 1.54) is 0 Å². The molecule has 3 atom stereocenters. The zero-order chi connectivity index (χ0) is 21.8. The lowest BCUT2D eigenvalue weighted by molar-refractivity contribution is 0.162. The first-order valence-electron chi connectivity index (χ1n) is 9.79. The van der Waals surface area contributed by atoms with Crippen LogP contribution in [-0.2, 0) is 0 Å². The van der Waals surface area contributed by atoms with Crippen molar-refractivity contribution in [3.8, 4) is 34.5 Å². The van der Waals surface area contributed by atoms with Crippen LogP contribution in [0.5, 0.6) is 34.5 Å².